The molecular weight excluding hydrogens is 424 g/mol. The highest BCUT2D eigenvalue weighted by molar-refractivity contribution is 7.20. The SMILES string of the molecule is Cc1ccc(NC(=O)c2sc3nc(CN4CC(C)OC(C)(C)C4)[nH]c(=O)c3c2C)c(C)c1. The lowest BCUT2D eigenvalue weighted by Gasteiger charge is -2.41. The van der Waals surface area contributed by atoms with Crippen molar-refractivity contribution in [3.05, 3.63) is 55.9 Å². The van der Waals surface area contributed by atoms with Crippen molar-refractivity contribution in [2.75, 3.05) is 18.4 Å². The van der Waals surface area contributed by atoms with Gasteiger partial charge in [0.05, 0.1) is 28.5 Å². The second kappa shape index (κ2) is 8.42. The van der Waals surface area contributed by atoms with Crippen molar-refractivity contribution in [2.45, 2.75) is 59.8 Å². The maximum absolute atomic E-state index is 13.0. The first-order valence-corrected chi connectivity index (χ1v) is 11.6. The van der Waals surface area contributed by atoms with E-state index in [0.717, 1.165) is 29.9 Å². The summed E-state index contributed by atoms with van der Waals surface area (Å²) in [5.41, 5.74) is 3.11. The third kappa shape index (κ3) is 4.62. The van der Waals surface area contributed by atoms with E-state index < -0.39 is 0 Å². The van der Waals surface area contributed by atoms with Gasteiger partial charge in [0.25, 0.3) is 11.5 Å². The van der Waals surface area contributed by atoms with E-state index in [4.69, 9.17) is 9.72 Å². The zero-order chi connectivity index (χ0) is 23.2. The smallest absolute Gasteiger partial charge is 0.266 e. The lowest BCUT2D eigenvalue weighted by molar-refractivity contribution is -0.131. The molecule has 7 nitrogen and oxygen atoms in total. The third-order valence-electron chi connectivity index (χ3n) is 5.70. The number of fused-ring (bicyclic) bond motifs is 1. The van der Waals surface area contributed by atoms with E-state index in [9.17, 15) is 9.59 Å². The van der Waals surface area contributed by atoms with Gasteiger partial charge >= 0.3 is 0 Å². The van der Waals surface area contributed by atoms with Crippen LogP contribution in [0.3, 0.4) is 0 Å². The number of thiophene rings is 1. The van der Waals surface area contributed by atoms with Crippen molar-refractivity contribution in [1.29, 1.82) is 0 Å². The highest BCUT2D eigenvalue weighted by atomic mass is 32.1. The largest absolute Gasteiger partial charge is 0.370 e. The molecule has 4 rings (SSSR count). The maximum atomic E-state index is 13.0. The van der Waals surface area contributed by atoms with Crippen LogP contribution in [0.1, 0.15) is 53.0 Å². The monoisotopic (exact) mass is 454 g/mol. The van der Waals surface area contributed by atoms with Crippen LogP contribution in [0.2, 0.25) is 0 Å². The number of aromatic amines is 1. The minimum absolute atomic E-state index is 0.110. The molecule has 0 radical (unpaired) electrons. The van der Waals surface area contributed by atoms with Crippen molar-refractivity contribution in [2.24, 2.45) is 0 Å². The molecule has 32 heavy (non-hydrogen) atoms. The van der Waals surface area contributed by atoms with Crippen LogP contribution in [0.5, 0.6) is 0 Å². The normalized spacial score (nSPS) is 18.8. The fourth-order valence-electron chi connectivity index (χ4n) is 4.53. The Balaban J connectivity index is 1.61. The van der Waals surface area contributed by atoms with Gasteiger partial charge in [0.15, 0.2) is 0 Å². The molecule has 1 aromatic carbocycles. The number of amides is 1. The van der Waals surface area contributed by atoms with Gasteiger partial charge in [0.2, 0.25) is 0 Å². The van der Waals surface area contributed by atoms with Gasteiger partial charge in [0, 0.05) is 18.8 Å². The second-order valence-electron chi connectivity index (χ2n) is 9.38. The van der Waals surface area contributed by atoms with Crippen molar-refractivity contribution >= 4 is 33.1 Å². The van der Waals surface area contributed by atoms with E-state index in [1.54, 1.807) is 6.92 Å². The molecule has 0 saturated carbocycles. The number of nitrogens with zero attached hydrogens (tertiary/aromatic N) is 2. The highest BCUT2D eigenvalue weighted by Gasteiger charge is 2.31. The van der Waals surface area contributed by atoms with Crippen molar-refractivity contribution in [3.8, 4) is 0 Å². The quantitative estimate of drug-likeness (QED) is 0.618. The Labute approximate surface area is 191 Å². The molecule has 1 fully saturated rings. The molecule has 1 atom stereocenters. The number of benzene rings is 1. The van der Waals surface area contributed by atoms with E-state index in [0.29, 0.717) is 33.0 Å². The first kappa shape index (κ1) is 22.6. The average Bonchev–Trinajstić information content (AvgIpc) is 2.99. The Morgan fingerprint density at radius 2 is 2.09 bits per heavy atom. The summed E-state index contributed by atoms with van der Waals surface area (Å²) >= 11 is 1.26. The minimum Gasteiger partial charge on any atom is -0.370 e. The molecule has 0 aliphatic carbocycles. The van der Waals surface area contributed by atoms with E-state index in [1.165, 1.54) is 11.3 Å². The van der Waals surface area contributed by atoms with E-state index in [-0.39, 0.29) is 23.2 Å². The van der Waals surface area contributed by atoms with Crippen LogP contribution in [-0.4, -0.2) is 45.6 Å². The first-order valence-electron chi connectivity index (χ1n) is 10.8. The molecule has 1 amide bonds. The van der Waals surface area contributed by atoms with Gasteiger partial charge in [-0.15, -0.1) is 11.3 Å². The Hall–Kier alpha value is -2.55. The number of aryl methyl sites for hydroxylation is 3. The first-order chi connectivity index (χ1) is 15.0. The molecule has 170 valence electrons. The average molecular weight is 455 g/mol. The van der Waals surface area contributed by atoms with Crippen LogP contribution >= 0.6 is 11.3 Å². The topological polar surface area (TPSA) is 87.3 Å². The van der Waals surface area contributed by atoms with Crippen LogP contribution in [-0.2, 0) is 11.3 Å². The summed E-state index contributed by atoms with van der Waals surface area (Å²) in [6.07, 6.45) is 0.110. The second-order valence-corrected chi connectivity index (χ2v) is 10.4. The van der Waals surface area contributed by atoms with Crippen molar-refractivity contribution < 1.29 is 9.53 Å². The summed E-state index contributed by atoms with van der Waals surface area (Å²) in [6, 6.07) is 5.89. The Morgan fingerprint density at radius 1 is 1.34 bits per heavy atom. The van der Waals surface area contributed by atoms with E-state index in [2.05, 4.69) is 36.0 Å². The summed E-state index contributed by atoms with van der Waals surface area (Å²) < 4.78 is 5.97. The van der Waals surface area contributed by atoms with Gasteiger partial charge in [-0.05, 0) is 58.7 Å². The highest BCUT2D eigenvalue weighted by Crippen LogP contribution is 2.29. The van der Waals surface area contributed by atoms with Gasteiger partial charge < -0.3 is 15.0 Å². The third-order valence-corrected chi connectivity index (χ3v) is 6.88. The molecule has 1 saturated heterocycles. The summed E-state index contributed by atoms with van der Waals surface area (Å²) in [7, 11) is 0. The number of aromatic nitrogens is 2. The number of hydrogen-bond donors (Lipinski definition) is 2. The van der Waals surface area contributed by atoms with Crippen molar-refractivity contribution in [3.63, 3.8) is 0 Å². The number of H-pyrrole nitrogens is 1. The number of ether oxygens (including phenoxy) is 1. The zero-order valence-electron chi connectivity index (χ0n) is 19.5. The van der Waals surface area contributed by atoms with Gasteiger partial charge in [-0.2, -0.15) is 0 Å². The maximum Gasteiger partial charge on any atom is 0.266 e. The minimum atomic E-state index is -0.249. The lowest BCUT2D eigenvalue weighted by atomic mass is 10.1. The van der Waals surface area contributed by atoms with Gasteiger partial charge in [-0.25, -0.2) is 4.98 Å². The number of nitrogens with one attached hydrogen (secondary N) is 2. The Kier molecular flexibility index (Phi) is 5.96. The van der Waals surface area contributed by atoms with Crippen LogP contribution < -0.4 is 10.9 Å². The predicted molar refractivity (Wildman–Crippen MR) is 129 cm³/mol. The molecule has 3 heterocycles. The summed E-state index contributed by atoms with van der Waals surface area (Å²) in [5, 5.41) is 3.46. The molecule has 1 aliphatic heterocycles. The van der Waals surface area contributed by atoms with Crippen LogP contribution in [0.4, 0.5) is 5.69 Å². The molecule has 0 bridgehead atoms. The number of hydrogen-bond acceptors (Lipinski definition) is 6. The summed E-state index contributed by atoms with van der Waals surface area (Å²) in [5.74, 6) is 0.386. The van der Waals surface area contributed by atoms with E-state index >= 15 is 0 Å². The standard InChI is InChI=1S/C24H30N4O3S/c1-13-7-8-17(14(2)9-13)25-22(30)20-16(4)19-21(29)26-18(27-23(19)32-20)11-28-10-15(3)31-24(5,6)12-28/h7-9,15H,10-12H2,1-6H3,(H,25,30)(H,26,27,29). The molecule has 2 N–H and O–H groups in total. The lowest BCUT2D eigenvalue weighted by Crippen LogP contribution is -2.51. The summed E-state index contributed by atoms with van der Waals surface area (Å²) in [4.78, 5) is 36.8. The number of carbonyl (C=O) groups is 1. The molecular formula is C24H30N4O3S. The number of morpholine rings is 1. The van der Waals surface area contributed by atoms with Crippen molar-refractivity contribution in [1.82, 2.24) is 14.9 Å². The summed E-state index contributed by atoms with van der Waals surface area (Å²) in [6.45, 7) is 14.0. The Morgan fingerprint density at radius 3 is 2.78 bits per heavy atom. The Bertz CT molecular complexity index is 1240. The zero-order valence-corrected chi connectivity index (χ0v) is 20.3. The fourth-order valence-corrected chi connectivity index (χ4v) is 5.63. The van der Waals surface area contributed by atoms with Crippen LogP contribution in [0.15, 0.2) is 23.0 Å². The van der Waals surface area contributed by atoms with Gasteiger partial charge in [-0.3, -0.25) is 14.5 Å². The molecule has 2 aromatic heterocycles. The molecule has 8 heteroatoms. The molecule has 1 aliphatic rings. The van der Waals surface area contributed by atoms with E-state index in [1.807, 2.05) is 32.0 Å². The predicted octanol–water partition coefficient (Wildman–Crippen LogP) is 4.16. The fraction of sp³-hybridized carbons (Fsp3) is 0.458. The number of rotatable bonds is 4. The van der Waals surface area contributed by atoms with Gasteiger partial charge in [-0.1, -0.05) is 17.7 Å². The molecule has 1 unspecified atom stereocenters. The number of carbonyl (C=O) groups excluding carboxylic acids is 1. The molecule has 3 aromatic rings. The van der Waals surface area contributed by atoms with Gasteiger partial charge in [0.1, 0.15) is 10.7 Å². The van der Waals surface area contributed by atoms with Crippen LogP contribution in [0, 0.1) is 20.8 Å². The van der Waals surface area contributed by atoms with Crippen LogP contribution in [0.25, 0.3) is 10.2 Å². The molecule has 0 spiro atoms. The number of anilines is 1.